The first-order valence-corrected chi connectivity index (χ1v) is 3.37. The fourth-order valence-corrected chi connectivity index (χ4v) is 0.666. The van der Waals surface area contributed by atoms with Gasteiger partial charge in [0.2, 0.25) is 5.88 Å². The molecular formula is C7H9N3O2. The third-order valence-corrected chi connectivity index (χ3v) is 1.21. The van der Waals surface area contributed by atoms with Crippen molar-refractivity contribution in [2.45, 2.75) is 13.8 Å². The van der Waals surface area contributed by atoms with Gasteiger partial charge in [0.05, 0.1) is 11.9 Å². The zero-order chi connectivity index (χ0) is 9.14. The molecule has 0 aromatic carbocycles. The van der Waals surface area contributed by atoms with Crippen molar-refractivity contribution in [1.29, 1.82) is 0 Å². The van der Waals surface area contributed by atoms with Gasteiger partial charge in [-0.3, -0.25) is 4.79 Å². The molecule has 1 aromatic heterocycles. The molecule has 5 heteroatoms. The number of esters is 1. The number of aromatic nitrogens is 2. The Balaban J connectivity index is 2.89. The van der Waals surface area contributed by atoms with Crippen molar-refractivity contribution in [3.8, 4) is 5.88 Å². The fraction of sp³-hybridized carbons (Fsp3) is 0.286. The highest BCUT2D eigenvalue weighted by atomic mass is 16.5. The molecular weight excluding hydrogens is 158 g/mol. The highest BCUT2D eigenvalue weighted by molar-refractivity contribution is 5.68. The van der Waals surface area contributed by atoms with Crippen LogP contribution >= 0.6 is 0 Å². The van der Waals surface area contributed by atoms with Gasteiger partial charge < -0.3 is 10.5 Å². The van der Waals surface area contributed by atoms with Gasteiger partial charge in [-0.2, -0.15) is 0 Å². The van der Waals surface area contributed by atoms with Crippen LogP contribution in [0.5, 0.6) is 5.88 Å². The third-order valence-electron chi connectivity index (χ3n) is 1.21. The van der Waals surface area contributed by atoms with E-state index in [1.807, 2.05) is 0 Å². The lowest BCUT2D eigenvalue weighted by molar-refractivity contribution is -0.132. The first-order chi connectivity index (χ1) is 5.59. The Bertz CT molecular complexity index is 312. The first kappa shape index (κ1) is 8.45. The van der Waals surface area contributed by atoms with Gasteiger partial charge in [-0.05, 0) is 6.92 Å². The zero-order valence-corrected chi connectivity index (χ0v) is 6.87. The van der Waals surface area contributed by atoms with Crippen LogP contribution in [0.2, 0.25) is 0 Å². The van der Waals surface area contributed by atoms with E-state index in [2.05, 4.69) is 14.7 Å². The van der Waals surface area contributed by atoms with Crippen LogP contribution in [0.1, 0.15) is 12.6 Å². The topological polar surface area (TPSA) is 78.1 Å². The molecule has 1 heterocycles. The van der Waals surface area contributed by atoms with Crippen LogP contribution in [0.25, 0.3) is 0 Å². The van der Waals surface area contributed by atoms with Crippen molar-refractivity contribution < 1.29 is 9.53 Å². The van der Waals surface area contributed by atoms with Gasteiger partial charge in [0, 0.05) is 6.92 Å². The number of nitrogen functional groups attached to an aromatic ring is 1. The summed E-state index contributed by atoms with van der Waals surface area (Å²) in [7, 11) is 0. The lowest BCUT2D eigenvalue weighted by Crippen LogP contribution is -2.05. The largest absolute Gasteiger partial charge is 0.406 e. The second kappa shape index (κ2) is 3.17. The van der Waals surface area contributed by atoms with Gasteiger partial charge in [-0.25, -0.2) is 9.97 Å². The Morgan fingerprint density at radius 2 is 2.33 bits per heavy atom. The van der Waals surface area contributed by atoms with E-state index in [-0.39, 0.29) is 5.88 Å². The minimum Gasteiger partial charge on any atom is -0.406 e. The number of hydrogen-bond acceptors (Lipinski definition) is 5. The lowest BCUT2D eigenvalue weighted by Gasteiger charge is -2.01. The van der Waals surface area contributed by atoms with Gasteiger partial charge in [-0.15, -0.1) is 0 Å². The van der Waals surface area contributed by atoms with Crippen LogP contribution in [0, 0.1) is 6.92 Å². The average Bonchev–Trinajstić information content (AvgIpc) is 1.96. The molecule has 0 radical (unpaired) electrons. The maximum Gasteiger partial charge on any atom is 0.309 e. The van der Waals surface area contributed by atoms with Crippen molar-refractivity contribution in [2.75, 3.05) is 5.73 Å². The summed E-state index contributed by atoms with van der Waals surface area (Å²) >= 11 is 0. The van der Waals surface area contributed by atoms with E-state index in [0.717, 1.165) is 0 Å². The molecule has 0 saturated carbocycles. The Hall–Kier alpha value is -1.65. The number of rotatable bonds is 1. The predicted octanol–water partition coefficient (Wildman–Crippen LogP) is 0.293. The van der Waals surface area contributed by atoms with E-state index >= 15 is 0 Å². The molecule has 0 aliphatic rings. The number of ether oxygens (including phenoxy) is 1. The molecule has 1 rings (SSSR count). The molecule has 0 amide bonds. The monoisotopic (exact) mass is 167 g/mol. The number of anilines is 1. The maximum absolute atomic E-state index is 10.5. The molecule has 0 bridgehead atoms. The summed E-state index contributed by atoms with van der Waals surface area (Å²) in [6, 6.07) is 0. The summed E-state index contributed by atoms with van der Waals surface area (Å²) in [5.74, 6) is 0.0913. The molecule has 0 saturated heterocycles. The van der Waals surface area contributed by atoms with Crippen LogP contribution in [-0.2, 0) is 4.79 Å². The van der Waals surface area contributed by atoms with E-state index in [4.69, 9.17) is 5.73 Å². The number of aryl methyl sites for hydroxylation is 1. The molecule has 1 aromatic rings. The molecule has 0 spiro atoms. The van der Waals surface area contributed by atoms with Crippen molar-refractivity contribution in [2.24, 2.45) is 0 Å². The number of carbonyl (C=O) groups is 1. The highest BCUT2D eigenvalue weighted by Crippen LogP contribution is 2.09. The van der Waals surface area contributed by atoms with Gasteiger partial charge in [0.25, 0.3) is 0 Å². The summed E-state index contributed by atoms with van der Waals surface area (Å²) in [6.07, 6.45) is 1.31. The number of nitrogens with two attached hydrogens (primary N) is 1. The molecule has 0 aliphatic carbocycles. The molecule has 0 fully saturated rings. The highest BCUT2D eigenvalue weighted by Gasteiger charge is 2.02. The van der Waals surface area contributed by atoms with E-state index < -0.39 is 5.97 Å². The Kier molecular flexibility index (Phi) is 2.23. The van der Waals surface area contributed by atoms with E-state index in [1.54, 1.807) is 6.92 Å². The minimum absolute atomic E-state index is 0.175. The van der Waals surface area contributed by atoms with Gasteiger partial charge in [-0.1, -0.05) is 0 Å². The number of hydrogen-bond donors (Lipinski definition) is 1. The second-order valence-corrected chi connectivity index (χ2v) is 2.27. The molecule has 0 aliphatic heterocycles. The Labute approximate surface area is 69.6 Å². The summed E-state index contributed by atoms with van der Waals surface area (Å²) in [6.45, 7) is 2.99. The van der Waals surface area contributed by atoms with Crippen molar-refractivity contribution in [3.05, 3.63) is 11.9 Å². The second-order valence-electron chi connectivity index (χ2n) is 2.27. The standard InChI is InChI=1S/C7H9N3O2/c1-4-7(8)9-3-6(10-4)12-5(2)11/h3H,1-2H3,(H2,8,9). The average molecular weight is 167 g/mol. The Morgan fingerprint density at radius 1 is 1.67 bits per heavy atom. The van der Waals surface area contributed by atoms with Crippen LogP contribution in [0.3, 0.4) is 0 Å². The smallest absolute Gasteiger partial charge is 0.309 e. The minimum atomic E-state index is -0.423. The van der Waals surface area contributed by atoms with Crippen LogP contribution < -0.4 is 10.5 Å². The predicted molar refractivity (Wildman–Crippen MR) is 42.5 cm³/mol. The molecule has 64 valence electrons. The molecule has 2 N–H and O–H groups in total. The van der Waals surface area contributed by atoms with E-state index in [1.165, 1.54) is 13.1 Å². The summed E-state index contributed by atoms with van der Waals surface area (Å²) in [4.78, 5) is 18.1. The van der Waals surface area contributed by atoms with E-state index in [0.29, 0.717) is 11.5 Å². The van der Waals surface area contributed by atoms with Crippen molar-refractivity contribution in [3.63, 3.8) is 0 Å². The van der Waals surface area contributed by atoms with Gasteiger partial charge in [0.15, 0.2) is 0 Å². The summed E-state index contributed by atoms with van der Waals surface area (Å²) in [5.41, 5.74) is 5.96. The van der Waals surface area contributed by atoms with Crippen molar-refractivity contribution in [1.82, 2.24) is 9.97 Å². The van der Waals surface area contributed by atoms with Gasteiger partial charge in [0.1, 0.15) is 5.82 Å². The third kappa shape index (κ3) is 1.91. The summed E-state index contributed by atoms with van der Waals surface area (Å²) < 4.78 is 4.68. The molecule has 0 atom stereocenters. The van der Waals surface area contributed by atoms with E-state index in [9.17, 15) is 4.79 Å². The fourth-order valence-electron chi connectivity index (χ4n) is 0.666. The summed E-state index contributed by atoms with van der Waals surface area (Å²) in [5, 5.41) is 0. The van der Waals surface area contributed by atoms with Gasteiger partial charge >= 0.3 is 5.97 Å². The lowest BCUT2D eigenvalue weighted by atomic mass is 10.4. The quantitative estimate of drug-likeness (QED) is 0.608. The zero-order valence-electron chi connectivity index (χ0n) is 6.87. The Morgan fingerprint density at radius 3 is 2.83 bits per heavy atom. The normalized spacial score (nSPS) is 9.50. The number of carbonyl (C=O) groups excluding carboxylic acids is 1. The maximum atomic E-state index is 10.5. The number of nitrogens with zero attached hydrogens (tertiary/aromatic N) is 2. The van der Waals surface area contributed by atoms with Crippen LogP contribution in [0.4, 0.5) is 5.82 Å². The SMILES string of the molecule is CC(=O)Oc1cnc(N)c(C)n1. The first-order valence-electron chi connectivity index (χ1n) is 3.37. The molecule has 0 unspecified atom stereocenters. The van der Waals surface area contributed by atoms with Crippen LogP contribution in [0.15, 0.2) is 6.20 Å². The van der Waals surface area contributed by atoms with Crippen molar-refractivity contribution >= 4 is 11.8 Å². The molecule has 12 heavy (non-hydrogen) atoms. The van der Waals surface area contributed by atoms with Crippen LogP contribution in [-0.4, -0.2) is 15.9 Å². The molecule has 5 nitrogen and oxygen atoms in total.